The molecular weight excluding hydrogens is 647 g/mol. The van der Waals surface area contributed by atoms with Crippen molar-refractivity contribution in [3.8, 4) is 0 Å². The number of likely N-dealkylation sites (N-methyl/N-ethyl adjacent to an activating group) is 2. The second-order valence-electron chi connectivity index (χ2n) is 11.6. The van der Waals surface area contributed by atoms with E-state index in [2.05, 4.69) is 0 Å². The molecule has 0 heterocycles. The van der Waals surface area contributed by atoms with Crippen molar-refractivity contribution in [1.29, 1.82) is 0 Å². The average molecular weight is 686 g/mol. The first-order valence-corrected chi connectivity index (χ1v) is 14.4. The van der Waals surface area contributed by atoms with Crippen LogP contribution >= 0.6 is 0 Å². The quantitative estimate of drug-likeness (QED) is 0.130. The largest absolute Gasteiger partial charge is 0.477 e. The number of rotatable bonds is 18. The number of carboxylic acid groups (broad SMARTS) is 1. The Morgan fingerprint density at radius 3 is 1.80 bits per heavy atom. The number of hydrogen-bond acceptors (Lipinski definition) is 7. The minimum Gasteiger partial charge on any atom is -0.477 e. The van der Waals surface area contributed by atoms with Gasteiger partial charge in [0, 0.05) is 13.6 Å². The number of ether oxygens (including phenoxy) is 2. The minimum atomic E-state index is -7.41. The van der Waals surface area contributed by atoms with Crippen LogP contribution < -0.4 is 0 Å². The van der Waals surface area contributed by atoms with Crippen LogP contribution in [0, 0.1) is 17.3 Å². The normalized spacial score (nSPS) is 15.6. The number of carbonyl (C=O) groups excluding carboxylic acids is 2. The molecule has 0 radical (unpaired) electrons. The van der Waals surface area contributed by atoms with Gasteiger partial charge in [0.05, 0.1) is 25.9 Å². The van der Waals surface area contributed by atoms with Gasteiger partial charge in [-0.25, -0.2) is 13.2 Å². The van der Waals surface area contributed by atoms with Crippen LogP contribution in [0.2, 0.25) is 0 Å². The molecule has 1 N–H and O–H groups in total. The summed E-state index contributed by atoms with van der Waals surface area (Å²) >= 11 is 0. The summed E-state index contributed by atoms with van der Waals surface area (Å²) in [4.78, 5) is 36.1. The van der Waals surface area contributed by atoms with Gasteiger partial charge in [-0.15, -0.1) is 0 Å². The zero-order chi connectivity index (χ0) is 35.3. The van der Waals surface area contributed by atoms with Crippen molar-refractivity contribution in [2.24, 2.45) is 17.3 Å². The van der Waals surface area contributed by atoms with Crippen molar-refractivity contribution in [2.45, 2.75) is 63.8 Å². The van der Waals surface area contributed by atoms with E-state index in [0.717, 1.165) is 0 Å². The zero-order valence-electron chi connectivity index (χ0n) is 25.1. The first-order valence-electron chi connectivity index (χ1n) is 13.0. The van der Waals surface area contributed by atoms with Crippen LogP contribution in [0.15, 0.2) is 0 Å². The van der Waals surface area contributed by atoms with Gasteiger partial charge in [-0.05, 0) is 18.3 Å². The number of sulfonamides is 1. The van der Waals surface area contributed by atoms with Crippen molar-refractivity contribution in [3.05, 3.63) is 0 Å². The Bertz CT molecular complexity index is 1130. The average Bonchev–Trinajstić information content (AvgIpc) is 2.81. The van der Waals surface area contributed by atoms with E-state index in [1.807, 2.05) is 0 Å². The Balaban J connectivity index is 5.32. The monoisotopic (exact) mass is 685 g/mol. The third-order valence-electron chi connectivity index (χ3n) is 6.88. The molecule has 0 amide bonds. The fourth-order valence-corrected chi connectivity index (χ4v) is 5.41. The Hall–Kier alpha value is -2.35. The number of hydrogen-bond donors (Lipinski definition) is 1. The lowest BCUT2D eigenvalue weighted by atomic mass is 9.72. The molecule has 0 aliphatic carbocycles. The van der Waals surface area contributed by atoms with E-state index in [4.69, 9.17) is 14.6 Å². The van der Waals surface area contributed by atoms with E-state index < -0.39 is 85.9 Å². The molecule has 0 aromatic rings. The lowest BCUT2D eigenvalue weighted by molar-refractivity contribution is -0.883. The van der Waals surface area contributed by atoms with Gasteiger partial charge in [0.15, 0.2) is 6.54 Å². The van der Waals surface area contributed by atoms with Gasteiger partial charge < -0.3 is 19.1 Å². The van der Waals surface area contributed by atoms with Crippen LogP contribution in [0.3, 0.4) is 0 Å². The van der Waals surface area contributed by atoms with Crippen molar-refractivity contribution >= 4 is 27.9 Å². The highest BCUT2D eigenvalue weighted by molar-refractivity contribution is 7.90. The van der Waals surface area contributed by atoms with Crippen LogP contribution in [-0.2, 0) is 33.9 Å². The van der Waals surface area contributed by atoms with E-state index in [1.165, 1.54) is 6.92 Å². The van der Waals surface area contributed by atoms with Crippen molar-refractivity contribution in [2.75, 3.05) is 54.0 Å². The molecule has 0 spiro atoms. The van der Waals surface area contributed by atoms with Crippen LogP contribution in [0.5, 0.6) is 0 Å². The molecule has 0 bridgehead atoms. The van der Waals surface area contributed by atoms with Crippen LogP contribution in [0.4, 0.5) is 39.5 Å². The smallest absolute Gasteiger partial charge is 0.460 e. The van der Waals surface area contributed by atoms with Gasteiger partial charge in [0.1, 0.15) is 19.8 Å². The molecule has 0 rings (SSSR count). The maximum absolute atomic E-state index is 14.0. The van der Waals surface area contributed by atoms with Gasteiger partial charge in [-0.2, -0.15) is 43.8 Å². The molecule has 0 aliphatic heterocycles. The second kappa shape index (κ2) is 14.4. The molecule has 0 fully saturated rings. The molecule has 44 heavy (non-hydrogen) atoms. The molecule has 0 saturated carbocycles. The third kappa shape index (κ3) is 9.58. The van der Waals surface area contributed by atoms with Gasteiger partial charge in [0.2, 0.25) is 0 Å². The van der Waals surface area contributed by atoms with E-state index >= 15 is 0 Å². The second-order valence-corrected chi connectivity index (χ2v) is 13.7. The summed E-state index contributed by atoms with van der Waals surface area (Å²) in [6.07, 6.45) is -6.99. The number of esters is 2. The molecule has 2 atom stereocenters. The van der Waals surface area contributed by atoms with Crippen LogP contribution in [0.1, 0.15) is 40.5 Å². The summed E-state index contributed by atoms with van der Waals surface area (Å²) in [5.41, 5.74) is -0.923. The SMILES string of the molecule is CCC(C(=O)OCC[N+](C)(C)CC(=O)O)C(C)(C)CC(C)C(=O)OCCN(C)S(=O)(=O)C(F)(F)C(F)(F)C(F)(F)C(F)(F)F. The number of carboxylic acids is 1. The van der Waals surface area contributed by atoms with Gasteiger partial charge in [0.25, 0.3) is 10.0 Å². The zero-order valence-corrected chi connectivity index (χ0v) is 25.9. The van der Waals surface area contributed by atoms with Crippen LogP contribution in [0.25, 0.3) is 0 Å². The van der Waals surface area contributed by atoms with Gasteiger partial charge >= 0.3 is 41.2 Å². The first-order chi connectivity index (χ1) is 19.4. The standard InChI is InChI=1S/C24H37F9N2O8S/c1-8-16(19(39)43-12-10-35(6,7)14-17(36)37)20(3,4)13-15(2)18(38)42-11-9-34(5)44(40,41)24(32,33)22(27,28)21(25,26)23(29,30)31/h15-16H,8-14H2,1-7H3/p+1. The highest BCUT2D eigenvalue weighted by atomic mass is 32.2. The lowest BCUT2D eigenvalue weighted by Gasteiger charge is -2.35. The van der Waals surface area contributed by atoms with Gasteiger partial charge in [-0.3, -0.25) is 9.59 Å². The molecule has 0 aromatic carbocycles. The molecule has 0 saturated heterocycles. The summed E-state index contributed by atoms with van der Waals surface area (Å²) in [5.74, 6) is -19.3. The predicted molar refractivity (Wildman–Crippen MR) is 135 cm³/mol. The number of carbonyl (C=O) groups is 3. The molecular formula is C24H38F9N2O8S+. The van der Waals surface area contributed by atoms with Crippen molar-refractivity contribution in [3.63, 3.8) is 0 Å². The number of quaternary nitrogens is 1. The summed E-state index contributed by atoms with van der Waals surface area (Å²) in [6.45, 7) is 3.74. The predicted octanol–water partition coefficient (Wildman–Crippen LogP) is 4.00. The maximum atomic E-state index is 14.0. The fraction of sp³-hybridized carbons (Fsp3) is 0.875. The number of halogens is 9. The topological polar surface area (TPSA) is 127 Å². The molecule has 20 heteroatoms. The fourth-order valence-electron chi connectivity index (χ4n) is 4.25. The third-order valence-corrected chi connectivity index (χ3v) is 8.78. The van der Waals surface area contributed by atoms with E-state index in [9.17, 15) is 62.3 Å². The Morgan fingerprint density at radius 1 is 0.886 bits per heavy atom. The summed E-state index contributed by atoms with van der Waals surface area (Å²) < 4.78 is 152. The summed E-state index contributed by atoms with van der Waals surface area (Å²) in [5, 5.41) is 2.03. The Kier molecular flexibility index (Phi) is 13.6. The van der Waals surface area contributed by atoms with Crippen molar-refractivity contribution < 1.29 is 81.4 Å². The minimum absolute atomic E-state index is 0.0300. The summed E-state index contributed by atoms with van der Waals surface area (Å²) in [7, 11) is -3.41. The Morgan fingerprint density at radius 2 is 1.36 bits per heavy atom. The highest BCUT2D eigenvalue weighted by Gasteiger charge is 2.85. The molecule has 2 unspecified atom stereocenters. The first kappa shape index (κ1) is 41.7. The van der Waals surface area contributed by atoms with Gasteiger partial charge in [-0.1, -0.05) is 27.7 Å². The summed E-state index contributed by atoms with van der Waals surface area (Å²) in [6, 6.07) is 0. The Labute approximate surface area is 249 Å². The molecule has 260 valence electrons. The highest BCUT2D eigenvalue weighted by Crippen LogP contribution is 2.55. The lowest BCUT2D eigenvalue weighted by Crippen LogP contribution is -2.65. The van der Waals surface area contributed by atoms with E-state index in [0.29, 0.717) is 0 Å². The van der Waals surface area contributed by atoms with E-state index in [1.54, 1.807) is 34.9 Å². The van der Waals surface area contributed by atoms with Crippen molar-refractivity contribution in [1.82, 2.24) is 4.31 Å². The molecule has 10 nitrogen and oxygen atoms in total. The number of nitrogens with zero attached hydrogens (tertiary/aromatic N) is 2. The van der Waals surface area contributed by atoms with Crippen LogP contribution in [-0.4, -0.2) is 117 Å². The molecule has 0 aromatic heterocycles. The molecule has 0 aliphatic rings. The maximum Gasteiger partial charge on any atom is 0.460 e. The number of aliphatic carboxylic acids is 1. The number of alkyl halides is 9. The van der Waals surface area contributed by atoms with E-state index in [-0.39, 0.29) is 44.1 Å².